The van der Waals surface area contributed by atoms with Crippen LogP contribution < -0.4 is 4.89 Å². The third-order valence-corrected chi connectivity index (χ3v) is 19.9. The second kappa shape index (κ2) is 81.5. The van der Waals surface area contributed by atoms with Crippen LogP contribution in [0.5, 0.6) is 0 Å². The molecule has 0 radical (unpaired) electrons. The highest BCUT2D eigenvalue weighted by Crippen LogP contribution is 2.38. The Morgan fingerprint density at radius 1 is 0.304 bits per heavy atom. The maximum atomic E-state index is 12.9. The number of phosphoric ester groups is 1. The molecule has 0 aromatic rings. The number of hydrogen-bond donors (Lipinski definition) is 0. The zero-order valence-corrected chi connectivity index (χ0v) is 68.4. The van der Waals surface area contributed by atoms with Crippen molar-refractivity contribution in [2.75, 3.05) is 47.5 Å². The van der Waals surface area contributed by atoms with Crippen molar-refractivity contribution in [1.82, 2.24) is 0 Å². The normalized spacial score (nSPS) is 13.6. The van der Waals surface area contributed by atoms with Gasteiger partial charge in [0, 0.05) is 12.8 Å². The number of carbonyl (C=O) groups excluding carboxylic acids is 2. The summed E-state index contributed by atoms with van der Waals surface area (Å²) in [5.74, 6) is -0.814. The molecule has 10 heteroatoms. The number of carbonyl (C=O) groups is 2. The van der Waals surface area contributed by atoms with Crippen LogP contribution >= 0.6 is 7.82 Å². The third-order valence-electron chi connectivity index (χ3n) is 19.0. The average molecular weight is 1440 g/mol. The van der Waals surface area contributed by atoms with Gasteiger partial charge in [-0.3, -0.25) is 14.2 Å². The zero-order valence-electron chi connectivity index (χ0n) is 67.5. The molecule has 0 spiro atoms. The molecular weight excluding hydrogens is 1280 g/mol. The van der Waals surface area contributed by atoms with E-state index in [0.717, 1.165) is 103 Å². The second-order valence-corrected chi connectivity index (χ2v) is 31.6. The van der Waals surface area contributed by atoms with Crippen LogP contribution in [-0.2, 0) is 32.7 Å². The molecule has 9 nitrogen and oxygen atoms in total. The Morgan fingerprint density at radius 2 is 0.529 bits per heavy atom. The minimum Gasteiger partial charge on any atom is -0.756 e. The summed E-state index contributed by atoms with van der Waals surface area (Å²) in [6.45, 7) is 4.07. The van der Waals surface area contributed by atoms with E-state index in [-0.39, 0.29) is 32.0 Å². The van der Waals surface area contributed by atoms with Gasteiger partial charge in [0.05, 0.1) is 27.7 Å². The summed E-state index contributed by atoms with van der Waals surface area (Å²) in [4.78, 5) is 38.3. The van der Waals surface area contributed by atoms with E-state index in [4.69, 9.17) is 18.5 Å². The van der Waals surface area contributed by atoms with Gasteiger partial charge in [-0.15, -0.1) is 0 Å². The van der Waals surface area contributed by atoms with Gasteiger partial charge in [0.15, 0.2) is 6.10 Å². The molecule has 0 heterocycles. The molecule has 0 saturated heterocycles. The molecule has 0 bridgehead atoms. The van der Waals surface area contributed by atoms with E-state index >= 15 is 0 Å². The number of quaternary nitrogens is 1. The number of nitrogens with zero attached hydrogens (tertiary/aromatic N) is 1. The molecule has 102 heavy (non-hydrogen) atoms. The molecule has 0 amide bonds. The van der Waals surface area contributed by atoms with Crippen molar-refractivity contribution in [3.05, 3.63) is 122 Å². The molecule has 590 valence electrons. The standard InChI is InChI=1S/C92H164NO8P/c1-6-8-10-12-14-16-18-20-22-24-26-28-30-32-34-36-38-40-42-44-46-48-50-52-54-56-58-60-62-64-66-68-70-72-74-76-78-80-82-84-91(94)98-88-90(89-100-102(96,97)99-87-86-93(3,4)5)101-92(95)85-83-81-79-77-75-73-71-69-67-65-63-61-59-57-55-53-51-49-47-45-43-41-39-37-35-33-31-29-27-25-23-21-19-17-15-13-11-9-7-2/h8-11,14-17,20-23,26-29,33,35,39,41,90H,6-7,12-13,18-19,24-25,30-32,34,36-38,40,42-89H2,1-5H3/b10-8-,11-9-,16-14-,17-15-,22-20-,23-21-,28-26-,29-27-,35-33-,41-39-. The van der Waals surface area contributed by atoms with Crippen molar-refractivity contribution < 1.29 is 42.1 Å². The van der Waals surface area contributed by atoms with Crippen LogP contribution in [0, 0.1) is 0 Å². The number of likely N-dealkylation sites (N-methyl/N-ethyl adjacent to an activating group) is 1. The summed E-state index contributed by atoms with van der Waals surface area (Å²) >= 11 is 0. The summed E-state index contributed by atoms with van der Waals surface area (Å²) < 4.78 is 34.5. The highest BCUT2D eigenvalue weighted by molar-refractivity contribution is 7.45. The summed E-state index contributed by atoms with van der Waals surface area (Å²) in [5, 5.41) is 0. The third kappa shape index (κ3) is 85.3. The van der Waals surface area contributed by atoms with Gasteiger partial charge < -0.3 is 27.9 Å². The van der Waals surface area contributed by atoms with E-state index in [1.54, 1.807) is 0 Å². The average Bonchev–Trinajstić information content (AvgIpc) is 0.914. The lowest BCUT2D eigenvalue weighted by Crippen LogP contribution is -2.37. The van der Waals surface area contributed by atoms with E-state index in [1.807, 2.05) is 21.1 Å². The van der Waals surface area contributed by atoms with Crippen molar-refractivity contribution in [3.8, 4) is 0 Å². The Balaban J connectivity index is 3.89. The summed E-state index contributed by atoms with van der Waals surface area (Å²) in [6, 6.07) is 0. The van der Waals surface area contributed by atoms with Crippen LogP contribution in [0.15, 0.2) is 122 Å². The summed E-state index contributed by atoms with van der Waals surface area (Å²) in [5.41, 5.74) is 0. The number of phosphoric acid groups is 1. The van der Waals surface area contributed by atoms with Crippen molar-refractivity contribution in [3.63, 3.8) is 0 Å². The fourth-order valence-corrected chi connectivity index (χ4v) is 13.2. The van der Waals surface area contributed by atoms with E-state index in [1.165, 1.54) is 263 Å². The van der Waals surface area contributed by atoms with Crippen molar-refractivity contribution in [2.45, 2.75) is 405 Å². The van der Waals surface area contributed by atoms with E-state index in [9.17, 15) is 19.0 Å². The van der Waals surface area contributed by atoms with Gasteiger partial charge in [0.25, 0.3) is 7.82 Å². The Morgan fingerprint density at radius 3 is 0.784 bits per heavy atom. The van der Waals surface area contributed by atoms with Crippen LogP contribution in [0.4, 0.5) is 0 Å². The van der Waals surface area contributed by atoms with Crippen LogP contribution in [0.25, 0.3) is 0 Å². The second-order valence-electron chi connectivity index (χ2n) is 30.1. The highest BCUT2D eigenvalue weighted by atomic mass is 31.2. The van der Waals surface area contributed by atoms with Gasteiger partial charge in [0.1, 0.15) is 19.8 Å². The molecular formula is C92H164NO8P. The maximum absolute atomic E-state index is 12.9. The van der Waals surface area contributed by atoms with Gasteiger partial charge in [-0.25, -0.2) is 0 Å². The molecule has 0 fully saturated rings. The molecule has 0 saturated carbocycles. The molecule has 0 aromatic heterocycles. The first-order valence-electron chi connectivity index (χ1n) is 43.2. The predicted molar refractivity (Wildman–Crippen MR) is 443 cm³/mol. The molecule has 0 N–H and O–H groups in total. The summed E-state index contributed by atoms with van der Waals surface area (Å²) in [6.07, 6.45) is 118. The topological polar surface area (TPSA) is 111 Å². The summed E-state index contributed by atoms with van der Waals surface area (Å²) in [7, 11) is 1.18. The first-order valence-corrected chi connectivity index (χ1v) is 44.7. The number of unbranched alkanes of at least 4 members (excludes halogenated alkanes) is 46. The molecule has 0 rings (SSSR count). The number of hydrogen-bond acceptors (Lipinski definition) is 8. The van der Waals surface area contributed by atoms with Crippen LogP contribution in [-0.4, -0.2) is 70.0 Å². The van der Waals surface area contributed by atoms with Crippen LogP contribution in [0.3, 0.4) is 0 Å². The quantitative estimate of drug-likeness (QED) is 0.0195. The van der Waals surface area contributed by atoms with E-state index < -0.39 is 26.5 Å². The van der Waals surface area contributed by atoms with Crippen LogP contribution in [0.1, 0.15) is 399 Å². The molecule has 0 aromatic carbocycles. The molecule has 2 atom stereocenters. The first kappa shape index (κ1) is 98.4. The Labute approximate surface area is 632 Å². The fraction of sp³-hybridized carbons (Fsp3) is 0.761. The minimum atomic E-state index is -4.65. The maximum Gasteiger partial charge on any atom is 0.306 e. The lowest BCUT2D eigenvalue weighted by atomic mass is 10.0. The molecule has 0 aliphatic rings. The van der Waals surface area contributed by atoms with Crippen LogP contribution in [0.2, 0.25) is 0 Å². The number of rotatable bonds is 80. The van der Waals surface area contributed by atoms with Crippen molar-refractivity contribution in [2.24, 2.45) is 0 Å². The van der Waals surface area contributed by atoms with Gasteiger partial charge in [-0.2, -0.15) is 0 Å². The van der Waals surface area contributed by atoms with Gasteiger partial charge in [-0.05, 0) is 103 Å². The lowest BCUT2D eigenvalue weighted by molar-refractivity contribution is -0.870. The Bertz CT molecular complexity index is 2140. The van der Waals surface area contributed by atoms with E-state index in [2.05, 4.69) is 135 Å². The fourth-order valence-electron chi connectivity index (χ4n) is 12.5. The van der Waals surface area contributed by atoms with Gasteiger partial charge in [-0.1, -0.05) is 405 Å². The number of ether oxygens (including phenoxy) is 2. The number of allylic oxidation sites excluding steroid dienone is 20. The largest absolute Gasteiger partial charge is 0.756 e. The zero-order chi connectivity index (χ0) is 74.0. The SMILES string of the molecule is CC/C=C\C/C=C\C/C=C\C/C=C\C/C=C\C/C=C\CCCCCCCCCCCCCCCCCCCCCCC(=O)OC(COC(=O)CCCCCCCCCCCCCCCCCCCCCCCCCCCC/C=C\C/C=C\C/C=C\C/C=C\CC)COP(=O)([O-])OCC[N+](C)(C)C. The van der Waals surface area contributed by atoms with Gasteiger partial charge in [0.2, 0.25) is 0 Å². The van der Waals surface area contributed by atoms with Crippen molar-refractivity contribution in [1.29, 1.82) is 0 Å². The van der Waals surface area contributed by atoms with Gasteiger partial charge >= 0.3 is 11.9 Å². The Hall–Kier alpha value is -3.59. The first-order chi connectivity index (χ1) is 50.0. The minimum absolute atomic E-state index is 0.0309. The predicted octanol–water partition coefficient (Wildman–Crippen LogP) is 28.7. The Kier molecular flexibility index (Phi) is 78.6. The highest BCUT2D eigenvalue weighted by Gasteiger charge is 2.22. The number of esters is 2. The lowest BCUT2D eigenvalue weighted by Gasteiger charge is -2.28. The molecule has 0 aliphatic carbocycles. The van der Waals surface area contributed by atoms with E-state index in [0.29, 0.717) is 17.4 Å². The monoisotopic (exact) mass is 1440 g/mol. The molecule has 2 unspecified atom stereocenters. The van der Waals surface area contributed by atoms with Crippen molar-refractivity contribution >= 4 is 19.8 Å². The molecule has 0 aliphatic heterocycles. The smallest absolute Gasteiger partial charge is 0.306 e.